The Hall–Kier alpha value is -0.520. The van der Waals surface area contributed by atoms with Crippen LogP contribution in [0.25, 0.3) is 0 Å². The highest BCUT2D eigenvalue weighted by Crippen LogP contribution is 2.61. The van der Waals surface area contributed by atoms with Crippen molar-refractivity contribution in [3.63, 3.8) is 0 Å². The summed E-state index contributed by atoms with van der Waals surface area (Å²) in [7, 11) is 0. The molecule has 1 aliphatic rings. The first-order valence-corrected chi connectivity index (χ1v) is 3.21. The van der Waals surface area contributed by atoms with Crippen LogP contribution >= 0.6 is 11.6 Å². The molecular formula is C5H3ClF4O2. The van der Waals surface area contributed by atoms with E-state index in [0.717, 1.165) is 0 Å². The third-order valence-electron chi connectivity index (χ3n) is 1.76. The van der Waals surface area contributed by atoms with Gasteiger partial charge in [0, 0.05) is 0 Å². The Bertz CT molecular complexity index is 242. The van der Waals surface area contributed by atoms with Crippen LogP contribution in [0, 0.1) is 0 Å². The lowest BCUT2D eigenvalue weighted by Crippen LogP contribution is -2.71. The summed E-state index contributed by atoms with van der Waals surface area (Å²) in [5, 5.41) is 8.12. The predicted molar refractivity (Wildman–Crippen MR) is 30.7 cm³/mol. The van der Waals surface area contributed by atoms with E-state index in [0.29, 0.717) is 0 Å². The molecule has 0 bridgehead atoms. The lowest BCUT2D eigenvalue weighted by Gasteiger charge is -2.46. The number of carboxylic acids is 1. The Kier molecular flexibility index (Phi) is 1.63. The molecule has 0 aromatic carbocycles. The SMILES string of the molecule is O=C(O)C1(Cl)CC(F)(F)C1(F)F. The molecule has 1 atom stereocenters. The Balaban J connectivity index is 2.99. The number of rotatable bonds is 1. The lowest BCUT2D eigenvalue weighted by atomic mass is 9.76. The van der Waals surface area contributed by atoms with Crippen molar-refractivity contribution in [2.45, 2.75) is 23.1 Å². The van der Waals surface area contributed by atoms with E-state index < -0.39 is 29.1 Å². The maximum atomic E-state index is 12.4. The topological polar surface area (TPSA) is 37.3 Å². The van der Waals surface area contributed by atoms with Crippen molar-refractivity contribution >= 4 is 17.6 Å². The van der Waals surface area contributed by atoms with Gasteiger partial charge in [0.2, 0.25) is 4.87 Å². The van der Waals surface area contributed by atoms with E-state index in [1.807, 2.05) is 0 Å². The fourth-order valence-corrected chi connectivity index (χ4v) is 1.23. The van der Waals surface area contributed by atoms with Gasteiger partial charge >= 0.3 is 17.8 Å². The fourth-order valence-electron chi connectivity index (χ4n) is 0.921. The number of aliphatic carboxylic acids is 1. The van der Waals surface area contributed by atoms with Crippen molar-refractivity contribution < 1.29 is 27.5 Å². The summed E-state index contributed by atoms with van der Waals surface area (Å²) in [6, 6.07) is 0. The van der Waals surface area contributed by atoms with Gasteiger partial charge < -0.3 is 5.11 Å². The van der Waals surface area contributed by atoms with Crippen molar-refractivity contribution in [3.8, 4) is 0 Å². The highest BCUT2D eigenvalue weighted by atomic mass is 35.5. The van der Waals surface area contributed by atoms with E-state index in [1.165, 1.54) is 0 Å². The summed E-state index contributed by atoms with van der Waals surface area (Å²) in [6.07, 6.45) is -1.54. The van der Waals surface area contributed by atoms with Crippen LogP contribution in [0.2, 0.25) is 0 Å². The summed E-state index contributed by atoms with van der Waals surface area (Å²) < 4.78 is 48.9. The van der Waals surface area contributed by atoms with Crippen LogP contribution in [-0.2, 0) is 4.79 Å². The normalized spacial score (nSPS) is 37.1. The van der Waals surface area contributed by atoms with E-state index in [1.54, 1.807) is 0 Å². The van der Waals surface area contributed by atoms with Gasteiger partial charge in [0.25, 0.3) is 0 Å². The standard InChI is InChI=1S/C5H3ClF4O2/c6-3(2(11)12)1-4(7,8)5(3,9)10/h1H2,(H,11,12). The Labute approximate surface area is 69.1 Å². The van der Waals surface area contributed by atoms with Gasteiger partial charge in [0.15, 0.2) is 0 Å². The van der Waals surface area contributed by atoms with Crippen LogP contribution in [0.3, 0.4) is 0 Å². The van der Waals surface area contributed by atoms with Crippen molar-refractivity contribution in [1.82, 2.24) is 0 Å². The highest BCUT2D eigenvalue weighted by Gasteiger charge is 2.83. The average molecular weight is 207 g/mol. The van der Waals surface area contributed by atoms with E-state index in [2.05, 4.69) is 0 Å². The van der Waals surface area contributed by atoms with E-state index in [-0.39, 0.29) is 0 Å². The van der Waals surface area contributed by atoms with E-state index >= 15 is 0 Å². The highest BCUT2D eigenvalue weighted by molar-refractivity contribution is 6.35. The molecule has 70 valence electrons. The molecule has 0 aliphatic heterocycles. The monoisotopic (exact) mass is 206 g/mol. The fraction of sp³-hybridized carbons (Fsp3) is 0.800. The molecule has 1 saturated carbocycles. The zero-order valence-electron chi connectivity index (χ0n) is 5.45. The lowest BCUT2D eigenvalue weighted by molar-refractivity contribution is -0.297. The van der Waals surface area contributed by atoms with Gasteiger partial charge in [-0.25, -0.2) is 0 Å². The first kappa shape index (κ1) is 9.57. The van der Waals surface area contributed by atoms with Gasteiger partial charge in [-0.1, -0.05) is 11.6 Å². The Morgan fingerprint density at radius 1 is 1.33 bits per heavy atom. The van der Waals surface area contributed by atoms with Gasteiger partial charge in [-0.2, -0.15) is 17.6 Å². The molecule has 0 aromatic heterocycles. The van der Waals surface area contributed by atoms with E-state index in [4.69, 9.17) is 16.7 Å². The zero-order valence-corrected chi connectivity index (χ0v) is 6.21. The minimum Gasteiger partial charge on any atom is -0.480 e. The molecule has 0 amide bonds. The quantitative estimate of drug-likeness (QED) is 0.524. The Morgan fingerprint density at radius 2 is 1.75 bits per heavy atom. The molecule has 0 heterocycles. The molecule has 0 saturated heterocycles. The minimum absolute atomic E-state index is 1.54. The van der Waals surface area contributed by atoms with Crippen molar-refractivity contribution in [2.75, 3.05) is 0 Å². The molecule has 1 aliphatic carbocycles. The van der Waals surface area contributed by atoms with E-state index in [9.17, 15) is 22.4 Å². The Morgan fingerprint density at radius 3 is 1.83 bits per heavy atom. The van der Waals surface area contributed by atoms with Gasteiger partial charge in [-0.05, 0) is 0 Å². The molecule has 1 N–H and O–H groups in total. The van der Waals surface area contributed by atoms with Crippen LogP contribution in [0.15, 0.2) is 0 Å². The van der Waals surface area contributed by atoms with Gasteiger partial charge in [-0.3, -0.25) is 4.79 Å². The molecule has 2 nitrogen and oxygen atoms in total. The molecule has 1 fully saturated rings. The molecule has 0 aromatic rings. The number of hydrogen-bond donors (Lipinski definition) is 1. The predicted octanol–water partition coefficient (Wildman–Crippen LogP) is 1.72. The van der Waals surface area contributed by atoms with Crippen LogP contribution in [0.5, 0.6) is 0 Å². The number of hydrogen-bond acceptors (Lipinski definition) is 1. The van der Waals surface area contributed by atoms with Crippen LogP contribution in [0.1, 0.15) is 6.42 Å². The first-order chi connectivity index (χ1) is 5.15. The van der Waals surface area contributed by atoms with Crippen molar-refractivity contribution in [3.05, 3.63) is 0 Å². The largest absolute Gasteiger partial charge is 0.480 e. The molecule has 0 radical (unpaired) electrons. The number of carbonyl (C=O) groups is 1. The van der Waals surface area contributed by atoms with Crippen molar-refractivity contribution in [1.29, 1.82) is 0 Å². The summed E-state index contributed by atoms with van der Waals surface area (Å²) in [5.74, 6) is -11.1. The second-order valence-corrected chi connectivity index (χ2v) is 3.21. The maximum Gasteiger partial charge on any atom is 0.339 e. The van der Waals surface area contributed by atoms with Crippen molar-refractivity contribution in [2.24, 2.45) is 0 Å². The summed E-state index contributed by atoms with van der Waals surface area (Å²) in [4.78, 5) is 6.92. The molecule has 1 unspecified atom stereocenters. The van der Waals surface area contributed by atoms with Gasteiger partial charge in [0.05, 0.1) is 6.42 Å². The van der Waals surface area contributed by atoms with Gasteiger partial charge in [-0.15, -0.1) is 0 Å². The van der Waals surface area contributed by atoms with Crippen LogP contribution < -0.4 is 0 Å². The first-order valence-electron chi connectivity index (χ1n) is 2.83. The summed E-state index contributed by atoms with van der Waals surface area (Å²) >= 11 is 4.79. The maximum absolute atomic E-state index is 12.4. The smallest absolute Gasteiger partial charge is 0.339 e. The molecule has 7 heteroatoms. The third-order valence-corrected chi connectivity index (χ3v) is 2.29. The number of halogens is 5. The molecular weight excluding hydrogens is 203 g/mol. The molecule has 1 rings (SSSR count). The summed E-state index contributed by atoms with van der Waals surface area (Å²) in [6.45, 7) is 0. The van der Waals surface area contributed by atoms with Crippen LogP contribution in [0.4, 0.5) is 17.6 Å². The second kappa shape index (κ2) is 2.04. The minimum atomic E-state index is -4.67. The number of carboxylic acid groups (broad SMARTS) is 1. The molecule has 0 spiro atoms. The summed E-state index contributed by atoms with van der Waals surface area (Å²) in [5.41, 5.74) is 0. The second-order valence-electron chi connectivity index (χ2n) is 2.56. The number of alkyl halides is 5. The molecule has 12 heavy (non-hydrogen) atoms. The van der Waals surface area contributed by atoms with Gasteiger partial charge in [0.1, 0.15) is 0 Å². The third kappa shape index (κ3) is 0.784. The average Bonchev–Trinajstić information content (AvgIpc) is 1.85. The zero-order chi connectivity index (χ0) is 9.78. The van der Waals surface area contributed by atoms with Crippen LogP contribution in [-0.4, -0.2) is 27.8 Å².